The first-order valence-corrected chi connectivity index (χ1v) is 8.75. The third-order valence-electron chi connectivity index (χ3n) is 3.83. The average molecular weight is 369 g/mol. The van der Waals surface area contributed by atoms with E-state index in [1.165, 1.54) is 5.56 Å². The Balaban J connectivity index is 1.60. The molecule has 0 unspecified atom stereocenters. The van der Waals surface area contributed by atoms with Gasteiger partial charge in [0.25, 0.3) is 0 Å². The van der Waals surface area contributed by atoms with E-state index in [9.17, 15) is 0 Å². The highest BCUT2D eigenvalue weighted by atomic mass is 35.5. The van der Waals surface area contributed by atoms with Crippen LogP contribution in [0, 0.1) is 6.92 Å². The van der Waals surface area contributed by atoms with E-state index in [0.717, 1.165) is 36.0 Å². The SMILES string of the molecule is COc1ccc(CCNc2cc(Nc3ccc(Cl)cc3)nc(C)n2)cc1. The molecular weight excluding hydrogens is 348 g/mol. The molecule has 0 aliphatic carbocycles. The van der Waals surface area contributed by atoms with Gasteiger partial charge in [-0.2, -0.15) is 0 Å². The summed E-state index contributed by atoms with van der Waals surface area (Å²) in [5.41, 5.74) is 2.17. The third kappa shape index (κ3) is 5.10. The molecule has 3 rings (SSSR count). The fourth-order valence-corrected chi connectivity index (χ4v) is 2.66. The fraction of sp³-hybridized carbons (Fsp3) is 0.200. The van der Waals surface area contributed by atoms with E-state index < -0.39 is 0 Å². The standard InChI is InChI=1S/C20H21ClN4O/c1-14-23-19(22-12-11-15-3-9-18(26-2)10-4-15)13-20(24-14)25-17-7-5-16(21)6-8-17/h3-10,13H,11-12H2,1-2H3,(H2,22,23,24,25). The Labute approximate surface area is 158 Å². The number of aryl methyl sites for hydroxylation is 1. The van der Waals surface area contributed by atoms with Crippen LogP contribution in [0.3, 0.4) is 0 Å². The van der Waals surface area contributed by atoms with Crippen molar-refractivity contribution in [3.63, 3.8) is 0 Å². The molecule has 2 aromatic carbocycles. The van der Waals surface area contributed by atoms with Gasteiger partial charge in [0.2, 0.25) is 0 Å². The molecule has 0 saturated carbocycles. The molecule has 5 nitrogen and oxygen atoms in total. The monoisotopic (exact) mass is 368 g/mol. The van der Waals surface area contributed by atoms with Crippen LogP contribution in [0.25, 0.3) is 0 Å². The minimum absolute atomic E-state index is 0.704. The molecule has 1 aromatic heterocycles. The molecule has 0 aliphatic rings. The average Bonchev–Trinajstić information content (AvgIpc) is 2.64. The maximum absolute atomic E-state index is 5.92. The zero-order valence-electron chi connectivity index (χ0n) is 14.8. The highest BCUT2D eigenvalue weighted by Crippen LogP contribution is 2.19. The van der Waals surface area contributed by atoms with Gasteiger partial charge < -0.3 is 15.4 Å². The number of hydrogen-bond donors (Lipinski definition) is 2. The summed E-state index contributed by atoms with van der Waals surface area (Å²) in [6.07, 6.45) is 0.896. The van der Waals surface area contributed by atoms with Gasteiger partial charge in [-0.1, -0.05) is 23.7 Å². The molecule has 134 valence electrons. The molecule has 0 amide bonds. The van der Waals surface area contributed by atoms with Crippen molar-refractivity contribution in [1.82, 2.24) is 9.97 Å². The lowest BCUT2D eigenvalue weighted by Gasteiger charge is -2.10. The number of anilines is 3. The van der Waals surface area contributed by atoms with Gasteiger partial charge in [-0.15, -0.1) is 0 Å². The summed E-state index contributed by atoms with van der Waals surface area (Å²) in [5, 5.41) is 7.33. The molecule has 0 saturated heterocycles. The summed E-state index contributed by atoms with van der Waals surface area (Å²) in [6.45, 7) is 2.66. The number of halogens is 1. The van der Waals surface area contributed by atoms with Crippen LogP contribution in [0.15, 0.2) is 54.6 Å². The van der Waals surface area contributed by atoms with E-state index in [2.05, 4.69) is 32.7 Å². The maximum Gasteiger partial charge on any atom is 0.136 e. The number of ether oxygens (including phenoxy) is 1. The van der Waals surface area contributed by atoms with Crippen molar-refractivity contribution in [2.75, 3.05) is 24.3 Å². The predicted octanol–water partition coefficient (Wildman–Crippen LogP) is 4.85. The number of nitrogens with one attached hydrogen (secondary N) is 2. The van der Waals surface area contributed by atoms with E-state index in [1.54, 1.807) is 7.11 Å². The molecule has 0 spiro atoms. The quantitative estimate of drug-likeness (QED) is 0.624. The first-order chi connectivity index (χ1) is 12.6. The number of hydrogen-bond acceptors (Lipinski definition) is 5. The predicted molar refractivity (Wildman–Crippen MR) is 107 cm³/mol. The van der Waals surface area contributed by atoms with Crippen molar-refractivity contribution in [2.24, 2.45) is 0 Å². The Hall–Kier alpha value is -2.79. The van der Waals surface area contributed by atoms with Crippen molar-refractivity contribution in [3.05, 3.63) is 71.0 Å². The molecule has 26 heavy (non-hydrogen) atoms. The molecule has 2 N–H and O–H groups in total. The first kappa shape index (κ1) is 18.0. The molecule has 0 fully saturated rings. The van der Waals surface area contributed by atoms with Crippen molar-refractivity contribution in [1.29, 1.82) is 0 Å². The van der Waals surface area contributed by atoms with Gasteiger partial charge in [-0.25, -0.2) is 9.97 Å². The van der Waals surface area contributed by atoms with Crippen LogP contribution in [-0.2, 0) is 6.42 Å². The van der Waals surface area contributed by atoms with Gasteiger partial charge in [-0.3, -0.25) is 0 Å². The lowest BCUT2D eigenvalue weighted by molar-refractivity contribution is 0.414. The highest BCUT2D eigenvalue weighted by Gasteiger charge is 2.03. The van der Waals surface area contributed by atoms with Gasteiger partial charge in [-0.05, 0) is 55.3 Å². The zero-order chi connectivity index (χ0) is 18.4. The summed E-state index contributed by atoms with van der Waals surface area (Å²) in [6, 6.07) is 17.5. The Morgan fingerprint density at radius 1 is 0.962 bits per heavy atom. The lowest BCUT2D eigenvalue weighted by Crippen LogP contribution is -2.08. The lowest BCUT2D eigenvalue weighted by atomic mass is 10.1. The molecule has 0 atom stereocenters. The van der Waals surface area contributed by atoms with E-state index in [-0.39, 0.29) is 0 Å². The van der Waals surface area contributed by atoms with Crippen LogP contribution in [0.4, 0.5) is 17.3 Å². The second kappa shape index (κ2) is 8.54. The van der Waals surface area contributed by atoms with Gasteiger partial charge in [0.05, 0.1) is 7.11 Å². The Bertz CT molecular complexity index is 851. The second-order valence-electron chi connectivity index (χ2n) is 5.84. The van der Waals surface area contributed by atoms with Crippen molar-refractivity contribution in [3.8, 4) is 5.75 Å². The number of methoxy groups -OCH3 is 1. The molecule has 1 heterocycles. The van der Waals surface area contributed by atoms with Crippen molar-refractivity contribution < 1.29 is 4.74 Å². The van der Waals surface area contributed by atoms with Gasteiger partial charge in [0.1, 0.15) is 23.2 Å². The zero-order valence-corrected chi connectivity index (χ0v) is 15.5. The summed E-state index contributed by atoms with van der Waals surface area (Å²) in [4.78, 5) is 8.87. The van der Waals surface area contributed by atoms with Crippen LogP contribution >= 0.6 is 11.6 Å². The smallest absolute Gasteiger partial charge is 0.136 e. The van der Waals surface area contributed by atoms with E-state index >= 15 is 0 Å². The van der Waals surface area contributed by atoms with E-state index in [0.29, 0.717) is 10.8 Å². The van der Waals surface area contributed by atoms with Crippen LogP contribution in [0.1, 0.15) is 11.4 Å². The molecule has 3 aromatic rings. The third-order valence-corrected chi connectivity index (χ3v) is 4.09. The van der Waals surface area contributed by atoms with Crippen LogP contribution < -0.4 is 15.4 Å². The normalized spacial score (nSPS) is 10.4. The minimum Gasteiger partial charge on any atom is -0.497 e. The largest absolute Gasteiger partial charge is 0.497 e. The molecule has 0 radical (unpaired) electrons. The second-order valence-corrected chi connectivity index (χ2v) is 6.28. The Kier molecular flexibility index (Phi) is 5.92. The molecule has 0 bridgehead atoms. The minimum atomic E-state index is 0.704. The van der Waals surface area contributed by atoms with Crippen molar-refractivity contribution in [2.45, 2.75) is 13.3 Å². The van der Waals surface area contributed by atoms with Gasteiger partial charge in [0, 0.05) is 23.3 Å². The number of rotatable bonds is 7. The van der Waals surface area contributed by atoms with Gasteiger partial charge in [0.15, 0.2) is 0 Å². The van der Waals surface area contributed by atoms with Gasteiger partial charge >= 0.3 is 0 Å². The molecule has 6 heteroatoms. The highest BCUT2D eigenvalue weighted by molar-refractivity contribution is 6.30. The molecule has 0 aliphatic heterocycles. The van der Waals surface area contributed by atoms with Crippen LogP contribution in [-0.4, -0.2) is 23.6 Å². The summed E-state index contributed by atoms with van der Waals surface area (Å²) in [5.74, 6) is 3.11. The molecular formula is C20H21ClN4O. The maximum atomic E-state index is 5.92. The van der Waals surface area contributed by atoms with Crippen LogP contribution in [0.5, 0.6) is 5.75 Å². The topological polar surface area (TPSA) is 59.1 Å². The number of benzene rings is 2. The Morgan fingerprint density at radius 2 is 1.65 bits per heavy atom. The number of aromatic nitrogens is 2. The van der Waals surface area contributed by atoms with Crippen LogP contribution in [0.2, 0.25) is 5.02 Å². The summed E-state index contributed by atoms with van der Waals surface area (Å²) in [7, 11) is 1.67. The van der Waals surface area contributed by atoms with E-state index in [1.807, 2.05) is 49.4 Å². The summed E-state index contributed by atoms with van der Waals surface area (Å²) >= 11 is 5.92. The van der Waals surface area contributed by atoms with E-state index in [4.69, 9.17) is 16.3 Å². The summed E-state index contributed by atoms with van der Waals surface area (Å²) < 4.78 is 5.18. The van der Waals surface area contributed by atoms with Crippen molar-refractivity contribution >= 4 is 28.9 Å². The first-order valence-electron chi connectivity index (χ1n) is 8.37. The fourth-order valence-electron chi connectivity index (χ4n) is 2.53. The Morgan fingerprint density at radius 3 is 2.35 bits per heavy atom. The number of nitrogens with zero attached hydrogens (tertiary/aromatic N) is 2.